The Morgan fingerprint density at radius 3 is 2.70 bits per heavy atom. The Balaban J connectivity index is 1.16. The molecular weight excluding hydrogens is 595 g/mol. The molecule has 240 valence electrons. The highest BCUT2D eigenvalue weighted by Gasteiger charge is 2.19. The monoisotopic (exact) mass is 632 g/mol. The highest BCUT2D eigenvalue weighted by Crippen LogP contribution is 2.34. The van der Waals surface area contributed by atoms with Crippen LogP contribution in [0.3, 0.4) is 0 Å². The predicted molar refractivity (Wildman–Crippen MR) is 183 cm³/mol. The van der Waals surface area contributed by atoms with Crippen LogP contribution in [-0.2, 0) is 4.79 Å². The zero-order valence-electron chi connectivity index (χ0n) is 26.4. The van der Waals surface area contributed by atoms with E-state index < -0.39 is 0 Å². The Bertz CT molecular complexity index is 2050. The Morgan fingerprint density at radius 1 is 1.00 bits per heavy atom. The molecule has 0 bridgehead atoms. The number of nitrogens with zero attached hydrogens (tertiary/aromatic N) is 5. The molecule has 1 aliphatic heterocycles. The van der Waals surface area contributed by atoms with Gasteiger partial charge >= 0.3 is 0 Å². The van der Waals surface area contributed by atoms with Gasteiger partial charge in [-0.3, -0.25) is 19.9 Å². The molecule has 1 fully saturated rings. The van der Waals surface area contributed by atoms with Crippen LogP contribution in [0.5, 0.6) is 0 Å². The molecule has 11 nitrogen and oxygen atoms in total. The number of halogens is 1. The summed E-state index contributed by atoms with van der Waals surface area (Å²) in [7, 11) is 4.00. The fourth-order valence-electron chi connectivity index (χ4n) is 6.11. The third-order valence-electron chi connectivity index (χ3n) is 8.53. The summed E-state index contributed by atoms with van der Waals surface area (Å²) in [4.78, 5) is 32.2. The molecule has 0 radical (unpaired) electrons. The number of aromatic amines is 2. The van der Waals surface area contributed by atoms with E-state index in [-0.39, 0.29) is 11.7 Å². The van der Waals surface area contributed by atoms with Crippen LogP contribution in [0, 0.1) is 11.7 Å². The Kier molecular flexibility index (Phi) is 8.60. The number of aromatic nitrogens is 6. The summed E-state index contributed by atoms with van der Waals surface area (Å²) in [6, 6.07) is 14.6. The van der Waals surface area contributed by atoms with Gasteiger partial charge in [0.25, 0.3) is 0 Å². The van der Waals surface area contributed by atoms with Crippen molar-refractivity contribution in [2.24, 2.45) is 5.92 Å². The first-order chi connectivity index (χ1) is 22.9. The fraction of sp³-hybridized carbons (Fsp3) is 0.286. The first-order valence-electron chi connectivity index (χ1n) is 15.9. The number of carbonyl (C=O) groups is 1. The van der Waals surface area contributed by atoms with Crippen molar-refractivity contribution < 1.29 is 9.18 Å². The van der Waals surface area contributed by atoms with Crippen molar-refractivity contribution in [3.63, 3.8) is 0 Å². The van der Waals surface area contributed by atoms with Gasteiger partial charge in [-0.15, -0.1) is 0 Å². The average Bonchev–Trinajstić information content (AvgIpc) is 3.69. The minimum absolute atomic E-state index is 0.00399. The van der Waals surface area contributed by atoms with Gasteiger partial charge in [0.1, 0.15) is 11.5 Å². The molecule has 12 heteroatoms. The van der Waals surface area contributed by atoms with Crippen molar-refractivity contribution in [1.29, 1.82) is 0 Å². The lowest BCUT2D eigenvalue weighted by Crippen LogP contribution is -2.30. The molecular formula is C35H37FN10O. The Labute approximate surface area is 271 Å². The number of hydrogen-bond donors (Lipinski definition) is 5. The van der Waals surface area contributed by atoms with Crippen molar-refractivity contribution in [1.82, 2.24) is 40.3 Å². The van der Waals surface area contributed by atoms with E-state index in [4.69, 9.17) is 4.98 Å². The molecule has 0 aliphatic carbocycles. The highest BCUT2D eigenvalue weighted by atomic mass is 19.1. The zero-order valence-corrected chi connectivity index (χ0v) is 26.4. The number of carbonyl (C=O) groups excluding carboxylic acids is 1. The van der Waals surface area contributed by atoms with Gasteiger partial charge in [-0.2, -0.15) is 5.10 Å². The Morgan fingerprint density at radius 2 is 1.85 bits per heavy atom. The molecule has 4 aromatic heterocycles. The number of rotatable bonds is 10. The summed E-state index contributed by atoms with van der Waals surface area (Å²) >= 11 is 0. The van der Waals surface area contributed by atoms with Gasteiger partial charge in [-0.1, -0.05) is 12.1 Å². The largest absolute Gasteiger partial charge is 0.384 e. The summed E-state index contributed by atoms with van der Waals surface area (Å²) in [6.45, 7) is 3.44. The van der Waals surface area contributed by atoms with E-state index in [1.807, 2.05) is 50.5 Å². The number of nitrogens with one attached hydrogen (secondary N) is 5. The van der Waals surface area contributed by atoms with Crippen molar-refractivity contribution in [3.8, 4) is 33.9 Å². The maximum absolute atomic E-state index is 14.7. The molecule has 5 heterocycles. The van der Waals surface area contributed by atoms with Gasteiger partial charge < -0.3 is 25.8 Å². The normalized spacial score (nSPS) is 13.9. The van der Waals surface area contributed by atoms with Gasteiger partial charge in [-0.05, 0) is 87.9 Å². The zero-order chi connectivity index (χ0) is 32.3. The van der Waals surface area contributed by atoms with Crippen LogP contribution in [0.1, 0.15) is 19.3 Å². The molecule has 1 saturated heterocycles. The smallest absolute Gasteiger partial charge is 0.224 e. The average molecular weight is 633 g/mol. The minimum atomic E-state index is -0.319. The maximum atomic E-state index is 14.7. The lowest BCUT2D eigenvalue weighted by Gasteiger charge is -2.21. The lowest BCUT2D eigenvalue weighted by molar-refractivity contribution is -0.117. The van der Waals surface area contributed by atoms with Crippen molar-refractivity contribution in [3.05, 3.63) is 72.9 Å². The molecule has 0 saturated carbocycles. The van der Waals surface area contributed by atoms with E-state index in [2.05, 4.69) is 46.0 Å². The summed E-state index contributed by atoms with van der Waals surface area (Å²) < 4.78 is 14.7. The minimum Gasteiger partial charge on any atom is -0.384 e. The van der Waals surface area contributed by atoms with Gasteiger partial charge in [0.2, 0.25) is 5.91 Å². The molecule has 6 aromatic rings. The molecule has 0 spiro atoms. The number of pyridine rings is 2. The van der Waals surface area contributed by atoms with Crippen LogP contribution in [0.15, 0.2) is 67.1 Å². The number of anilines is 2. The summed E-state index contributed by atoms with van der Waals surface area (Å²) in [5.41, 5.74) is 7.27. The van der Waals surface area contributed by atoms with Crippen LogP contribution in [0.4, 0.5) is 15.8 Å². The first-order valence-corrected chi connectivity index (χ1v) is 15.9. The summed E-state index contributed by atoms with van der Waals surface area (Å²) in [5, 5.41) is 18.1. The quantitative estimate of drug-likeness (QED) is 0.130. The van der Waals surface area contributed by atoms with Crippen LogP contribution in [0.2, 0.25) is 0 Å². The third kappa shape index (κ3) is 6.83. The predicted octanol–water partition coefficient (Wildman–Crippen LogP) is 5.67. The van der Waals surface area contributed by atoms with E-state index in [9.17, 15) is 9.18 Å². The number of fused-ring (bicyclic) bond motifs is 2. The second kappa shape index (κ2) is 13.3. The molecule has 2 aromatic carbocycles. The van der Waals surface area contributed by atoms with E-state index in [0.717, 1.165) is 71.1 Å². The lowest BCUT2D eigenvalue weighted by atomic mass is 9.94. The second-order valence-corrected chi connectivity index (χ2v) is 12.3. The van der Waals surface area contributed by atoms with Crippen LogP contribution >= 0.6 is 0 Å². The second-order valence-electron chi connectivity index (χ2n) is 12.3. The number of likely N-dealkylation sites (N-methyl/N-ethyl adjacent to an activating group) is 1. The van der Waals surface area contributed by atoms with E-state index in [0.29, 0.717) is 47.5 Å². The summed E-state index contributed by atoms with van der Waals surface area (Å²) in [6.07, 6.45) is 7.63. The van der Waals surface area contributed by atoms with Gasteiger partial charge in [0.05, 0.1) is 40.3 Å². The van der Waals surface area contributed by atoms with Crippen molar-refractivity contribution in [2.45, 2.75) is 19.3 Å². The van der Waals surface area contributed by atoms with Crippen LogP contribution < -0.4 is 16.0 Å². The SMILES string of the molecule is CN(C)CCNc1cc(F)cc(-c2cccc3[nH]c(-c4n[nH]c5cnc(-c6cncc(NC(=O)CC7CCNCC7)c6)cc45)nc23)c1. The Hall–Kier alpha value is -5.20. The molecule has 0 unspecified atom stereocenters. The number of benzene rings is 2. The third-order valence-corrected chi connectivity index (χ3v) is 8.53. The number of hydrogen-bond acceptors (Lipinski definition) is 8. The van der Waals surface area contributed by atoms with Crippen LogP contribution in [0.25, 0.3) is 55.8 Å². The maximum Gasteiger partial charge on any atom is 0.224 e. The van der Waals surface area contributed by atoms with Gasteiger partial charge in [-0.25, -0.2) is 9.37 Å². The topological polar surface area (TPSA) is 140 Å². The summed E-state index contributed by atoms with van der Waals surface area (Å²) in [5.74, 6) is 0.650. The van der Waals surface area contributed by atoms with E-state index in [1.165, 1.54) is 12.1 Å². The molecule has 1 aliphatic rings. The van der Waals surface area contributed by atoms with E-state index >= 15 is 0 Å². The number of H-pyrrole nitrogens is 2. The molecule has 47 heavy (non-hydrogen) atoms. The van der Waals surface area contributed by atoms with E-state index in [1.54, 1.807) is 18.6 Å². The number of piperidine rings is 1. The molecule has 1 amide bonds. The van der Waals surface area contributed by atoms with Crippen molar-refractivity contribution >= 4 is 39.2 Å². The van der Waals surface area contributed by atoms with Crippen LogP contribution in [-0.4, -0.2) is 81.2 Å². The van der Waals surface area contributed by atoms with Crippen molar-refractivity contribution in [2.75, 3.05) is 50.9 Å². The number of amides is 1. The number of para-hydroxylation sites is 1. The fourth-order valence-corrected chi connectivity index (χ4v) is 6.11. The molecule has 5 N–H and O–H groups in total. The standard InChI is InChI=1S/C35H37FN10O/c1-46(2)11-10-39-25-14-22(13-24(36)16-25)27-4-3-5-29-33(27)43-35(42-29)34-28-17-30(40-20-31(28)44-45-34)23-15-26(19-38-18-23)41-32(47)12-21-6-8-37-9-7-21/h3-5,13-21,37,39H,6-12H2,1-2H3,(H,41,47)(H,42,43)(H,44,45). The molecule has 7 rings (SSSR count). The first kappa shape index (κ1) is 30.5. The molecule has 0 atom stereocenters. The highest BCUT2D eigenvalue weighted by molar-refractivity contribution is 5.98. The van der Waals surface area contributed by atoms with Gasteiger partial charge in [0, 0.05) is 47.9 Å². The number of imidazole rings is 1. The van der Waals surface area contributed by atoms with Gasteiger partial charge in [0.15, 0.2) is 5.82 Å².